The third-order valence-electron chi connectivity index (χ3n) is 3.40. The molecule has 1 heterocycles. The summed E-state index contributed by atoms with van der Waals surface area (Å²) >= 11 is 0. The van der Waals surface area contributed by atoms with E-state index in [0.29, 0.717) is 31.2 Å². The summed E-state index contributed by atoms with van der Waals surface area (Å²) in [7, 11) is -3.46. The zero-order valence-electron chi connectivity index (χ0n) is 12.2. The van der Waals surface area contributed by atoms with Crippen LogP contribution >= 0.6 is 0 Å². The molecule has 0 bridgehead atoms. The second kappa shape index (κ2) is 6.54. The fourth-order valence-electron chi connectivity index (χ4n) is 2.21. The maximum Gasteiger partial charge on any atom is 0.246 e. The summed E-state index contributed by atoms with van der Waals surface area (Å²) in [5.74, 6) is 0.538. The summed E-state index contributed by atoms with van der Waals surface area (Å²) in [6.45, 7) is 5.84. The van der Waals surface area contributed by atoms with E-state index in [1.807, 2.05) is 13.8 Å². The van der Waals surface area contributed by atoms with E-state index < -0.39 is 10.0 Å². The molecule has 1 aliphatic rings. The van der Waals surface area contributed by atoms with Crippen LogP contribution in [0.25, 0.3) is 0 Å². The number of nitrogens with one attached hydrogen (secondary N) is 1. The fraction of sp³-hybridized carbons (Fsp3) is 0.643. The average molecular weight is 297 g/mol. The molecular formula is C14H23N3O2S. The Kier molecular flexibility index (Phi) is 4.99. The summed E-state index contributed by atoms with van der Waals surface area (Å²) in [6, 6.07) is 1.72. The van der Waals surface area contributed by atoms with E-state index in [4.69, 9.17) is 0 Å². The van der Waals surface area contributed by atoms with Crippen molar-refractivity contribution in [2.75, 3.05) is 25.0 Å². The molecule has 1 aromatic rings. The molecular weight excluding hydrogens is 274 g/mol. The highest BCUT2D eigenvalue weighted by Gasteiger charge is 2.32. The molecule has 5 nitrogen and oxygen atoms in total. The molecule has 0 unspecified atom stereocenters. The highest BCUT2D eigenvalue weighted by atomic mass is 32.2. The monoisotopic (exact) mass is 297 g/mol. The third-order valence-corrected chi connectivity index (χ3v) is 5.29. The van der Waals surface area contributed by atoms with Crippen molar-refractivity contribution < 1.29 is 8.42 Å². The summed E-state index contributed by atoms with van der Waals surface area (Å²) in [5, 5.41) is 3.10. The first kappa shape index (κ1) is 15.3. The van der Waals surface area contributed by atoms with Crippen LogP contribution in [0, 0.1) is 5.92 Å². The van der Waals surface area contributed by atoms with Crippen molar-refractivity contribution in [3.63, 3.8) is 0 Å². The molecule has 0 aromatic carbocycles. The minimum absolute atomic E-state index is 0.288. The van der Waals surface area contributed by atoms with Gasteiger partial charge in [-0.2, -0.15) is 4.31 Å². The molecule has 0 spiro atoms. The van der Waals surface area contributed by atoms with Crippen LogP contribution in [-0.2, 0) is 10.0 Å². The highest BCUT2D eigenvalue weighted by molar-refractivity contribution is 7.89. The van der Waals surface area contributed by atoms with Crippen molar-refractivity contribution >= 4 is 15.7 Å². The van der Waals surface area contributed by atoms with E-state index in [1.165, 1.54) is 6.20 Å². The van der Waals surface area contributed by atoms with Gasteiger partial charge < -0.3 is 5.32 Å². The van der Waals surface area contributed by atoms with Crippen molar-refractivity contribution in [2.45, 2.75) is 38.0 Å². The Morgan fingerprint density at radius 3 is 2.75 bits per heavy atom. The average Bonchev–Trinajstić information content (AvgIpc) is 3.23. The van der Waals surface area contributed by atoms with E-state index >= 15 is 0 Å². The number of hydrogen-bond donors (Lipinski definition) is 1. The Balaban J connectivity index is 2.30. The molecule has 20 heavy (non-hydrogen) atoms. The second-order valence-electron chi connectivity index (χ2n) is 5.21. The lowest BCUT2D eigenvalue weighted by Gasteiger charge is -2.22. The minimum atomic E-state index is -3.46. The highest BCUT2D eigenvalue weighted by Crippen LogP contribution is 2.32. The van der Waals surface area contributed by atoms with Crippen LogP contribution in [0.4, 0.5) is 5.69 Å². The van der Waals surface area contributed by atoms with Crippen molar-refractivity contribution in [2.24, 2.45) is 5.92 Å². The standard InChI is InChI=1S/C14H23N3O2S/c1-3-9-17(11-12-5-6-12)20(18,19)14-10-15-8-7-13(14)16-4-2/h7-8,10,12H,3-6,9,11H2,1-2H3,(H,15,16). The van der Waals surface area contributed by atoms with Crippen LogP contribution in [0.1, 0.15) is 33.1 Å². The number of aromatic nitrogens is 1. The van der Waals surface area contributed by atoms with E-state index in [-0.39, 0.29) is 4.90 Å². The maximum atomic E-state index is 12.8. The topological polar surface area (TPSA) is 62.3 Å². The molecule has 1 fully saturated rings. The van der Waals surface area contributed by atoms with Gasteiger partial charge >= 0.3 is 0 Å². The third kappa shape index (κ3) is 3.49. The maximum absolute atomic E-state index is 12.8. The summed E-state index contributed by atoms with van der Waals surface area (Å²) < 4.78 is 27.3. The largest absolute Gasteiger partial charge is 0.384 e. The van der Waals surface area contributed by atoms with Crippen molar-refractivity contribution in [3.8, 4) is 0 Å². The van der Waals surface area contributed by atoms with Crippen molar-refractivity contribution in [1.82, 2.24) is 9.29 Å². The molecule has 0 atom stereocenters. The van der Waals surface area contributed by atoms with Gasteiger partial charge in [0.2, 0.25) is 10.0 Å². The van der Waals surface area contributed by atoms with Crippen LogP contribution in [0.15, 0.2) is 23.4 Å². The molecule has 1 saturated carbocycles. The summed E-state index contributed by atoms with van der Waals surface area (Å²) in [6.07, 6.45) is 6.17. The van der Waals surface area contributed by atoms with E-state index in [2.05, 4.69) is 10.3 Å². The van der Waals surface area contributed by atoms with Gasteiger partial charge in [-0.25, -0.2) is 8.42 Å². The first-order valence-corrected chi connectivity index (χ1v) is 8.71. The van der Waals surface area contributed by atoms with Crippen LogP contribution in [0.2, 0.25) is 0 Å². The summed E-state index contributed by atoms with van der Waals surface area (Å²) in [4.78, 5) is 4.27. The number of sulfonamides is 1. The minimum Gasteiger partial charge on any atom is -0.384 e. The zero-order chi connectivity index (χ0) is 14.6. The Morgan fingerprint density at radius 2 is 2.15 bits per heavy atom. The normalized spacial score (nSPS) is 15.6. The lowest BCUT2D eigenvalue weighted by atomic mass is 10.4. The molecule has 1 aromatic heterocycles. The van der Waals surface area contributed by atoms with Gasteiger partial charge in [0, 0.05) is 32.0 Å². The van der Waals surface area contributed by atoms with Crippen molar-refractivity contribution in [3.05, 3.63) is 18.5 Å². The van der Waals surface area contributed by atoms with Gasteiger partial charge in [-0.3, -0.25) is 4.98 Å². The van der Waals surface area contributed by atoms with Gasteiger partial charge in [-0.1, -0.05) is 6.92 Å². The molecule has 1 N–H and O–H groups in total. The van der Waals surface area contributed by atoms with E-state index in [0.717, 1.165) is 19.3 Å². The van der Waals surface area contributed by atoms with Gasteiger partial charge in [-0.15, -0.1) is 0 Å². The molecule has 0 aliphatic heterocycles. The van der Waals surface area contributed by atoms with Gasteiger partial charge in [0.25, 0.3) is 0 Å². The van der Waals surface area contributed by atoms with Gasteiger partial charge in [0.05, 0.1) is 5.69 Å². The first-order chi connectivity index (χ1) is 9.59. The van der Waals surface area contributed by atoms with Gasteiger partial charge in [-0.05, 0) is 38.2 Å². The first-order valence-electron chi connectivity index (χ1n) is 7.27. The number of anilines is 1. The Hall–Kier alpha value is -1.14. The Labute approximate surface area is 121 Å². The van der Waals surface area contributed by atoms with E-state index in [1.54, 1.807) is 16.6 Å². The second-order valence-corrected chi connectivity index (χ2v) is 7.11. The smallest absolute Gasteiger partial charge is 0.246 e. The van der Waals surface area contributed by atoms with Crippen LogP contribution in [-0.4, -0.2) is 37.3 Å². The molecule has 0 amide bonds. The lowest BCUT2D eigenvalue weighted by Crippen LogP contribution is -2.34. The number of nitrogens with zero attached hydrogens (tertiary/aromatic N) is 2. The molecule has 112 valence electrons. The Morgan fingerprint density at radius 1 is 1.40 bits per heavy atom. The van der Waals surface area contributed by atoms with Crippen LogP contribution in [0.3, 0.4) is 0 Å². The Bertz CT molecular complexity index is 541. The predicted octanol–water partition coefficient (Wildman–Crippen LogP) is 2.32. The van der Waals surface area contributed by atoms with Gasteiger partial charge in [0.15, 0.2) is 0 Å². The molecule has 1 aliphatic carbocycles. The number of hydrogen-bond acceptors (Lipinski definition) is 4. The molecule has 0 radical (unpaired) electrons. The fourth-order valence-corrected chi connectivity index (χ4v) is 3.93. The predicted molar refractivity (Wildman–Crippen MR) is 80.2 cm³/mol. The number of rotatable bonds is 8. The number of pyridine rings is 1. The van der Waals surface area contributed by atoms with Crippen molar-refractivity contribution in [1.29, 1.82) is 0 Å². The summed E-state index contributed by atoms with van der Waals surface area (Å²) in [5.41, 5.74) is 0.638. The van der Waals surface area contributed by atoms with Crippen LogP contribution in [0.5, 0.6) is 0 Å². The van der Waals surface area contributed by atoms with E-state index in [9.17, 15) is 8.42 Å². The molecule has 0 saturated heterocycles. The zero-order valence-corrected chi connectivity index (χ0v) is 13.0. The molecule has 6 heteroatoms. The lowest BCUT2D eigenvalue weighted by molar-refractivity contribution is 0.395. The molecule has 2 rings (SSSR count). The quantitative estimate of drug-likeness (QED) is 0.800. The van der Waals surface area contributed by atoms with Gasteiger partial charge in [0.1, 0.15) is 4.90 Å². The SMILES string of the molecule is CCCN(CC1CC1)S(=O)(=O)c1cnccc1NCC. The van der Waals surface area contributed by atoms with Crippen LogP contribution < -0.4 is 5.32 Å².